The number of aromatic nitrogens is 1. The molecule has 5 amide bonds. The maximum atomic E-state index is 14.9. The standard InChI is InChI=1S/C48H63N6O10P/c1-32(64-65(60,61)62)63-40(30-37(50-43(55)41(47(2,3)4)52-45(57)58)28-34-21-23-36(24-22-34)38-20-14-15-25-49-38)39(29-33-16-10-8-11-17-33)51-44(56)42(48(5,6)7)54-27-26-53(46(54)59)31-35-18-12-9-13-19-35/h8-25,32,37,39-42,52,60-62H,26-31H2,1-7H3,(H2-,50,51,55,56,57,58)/p+1/t32?,37-,39-,40-,41+,42+/m0/s1. The van der Waals surface area contributed by atoms with Crippen LogP contribution in [0.3, 0.4) is 0 Å². The zero-order valence-electron chi connectivity index (χ0n) is 38.1. The monoisotopic (exact) mass is 915 g/mol. The SMILES string of the molecule is CC(O[C@@H](C[C@H](Cc1ccc(-c2ccccn2)cc1)NC(=O)[C@@H](NC(=O)O)C(C)(C)C)[C@H](Cc1ccccc1)NC(=O)[C@@H](N1CCN(Cc2ccccc2)C1=O)C(C)(C)C)O[P+](O)(O)O. The predicted octanol–water partition coefficient (Wildman–Crippen LogP) is 6.33. The Labute approximate surface area is 382 Å². The van der Waals surface area contributed by atoms with Crippen molar-refractivity contribution in [3.05, 3.63) is 126 Å². The number of hydrogen-bond donors (Lipinski definition) is 7. The number of nitrogens with one attached hydrogen (secondary N) is 3. The molecule has 2 heterocycles. The van der Waals surface area contributed by atoms with Crippen molar-refractivity contribution >= 4 is 32.1 Å². The first-order valence-electron chi connectivity index (χ1n) is 21.7. The summed E-state index contributed by atoms with van der Waals surface area (Å²) in [6.45, 7) is 13.3. The second-order valence-corrected chi connectivity index (χ2v) is 19.9. The fourth-order valence-electron chi connectivity index (χ4n) is 8.17. The summed E-state index contributed by atoms with van der Waals surface area (Å²) in [6.07, 6.45) is -1.86. The Balaban J connectivity index is 1.54. The molecule has 1 aliphatic heterocycles. The van der Waals surface area contributed by atoms with Crippen LogP contribution < -0.4 is 16.0 Å². The molecular weight excluding hydrogens is 852 g/mol. The lowest BCUT2D eigenvalue weighted by Crippen LogP contribution is -2.60. The first-order valence-corrected chi connectivity index (χ1v) is 23.3. The van der Waals surface area contributed by atoms with Gasteiger partial charge in [-0.15, -0.1) is 4.52 Å². The van der Waals surface area contributed by atoms with Gasteiger partial charge in [0, 0.05) is 37.4 Å². The third-order valence-electron chi connectivity index (χ3n) is 11.1. The molecule has 0 radical (unpaired) electrons. The number of nitrogens with zero attached hydrogens (tertiary/aromatic N) is 3. The molecule has 0 saturated carbocycles. The average Bonchev–Trinajstić information content (AvgIpc) is 3.56. The normalized spacial score (nSPS) is 16.2. The highest BCUT2D eigenvalue weighted by Gasteiger charge is 2.45. The van der Waals surface area contributed by atoms with E-state index in [9.17, 15) is 39.0 Å². The van der Waals surface area contributed by atoms with E-state index in [1.54, 1.807) is 36.8 Å². The third kappa shape index (κ3) is 15.3. The van der Waals surface area contributed by atoms with E-state index in [-0.39, 0.29) is 25.3 Å². The van der Waals surface area contributed by atoms with E-state index in [1.165, 1.54) is 6.92 Å². The summed E-state index contributed by atoms with van der Waals surface area (Å²) in [5.41, 5.74) is 2.59. The zero-order valence-corrected chi connectivity index (χ0v) is 39.0. The Bertz CT molecular complexity index is 2170. The molecule has 7 N–H and O–H groups in total. The van der Waals surface area contributed by atoms with E-state index >= 15 is 0 Å². The van der Waals surface area contributed by atoms with Crippen molar-refractivity contribution in [2.75, 3.05) is 13.1 Å². The molecule has 0 bridgehead atoms. The second-order valence-electron chi connectivity index (χ2n) is 18.6. The van der Waals surface area contributed by atoms with E-state index in [0.29, 0.717) is 19.6 Å². The number of carbonyl (C=O) groups is 4. The average molecular weight is 916 g/mol. The highest BCUT2D eigenvalue weighted by atomic mass is 31.2. The third-order valence-corrected chi connectivity index (χ3v) is 11.7. The van der Waals surface area contributed by atoms with Gasteiger partial charge in [0.1, 0.15) is 12.1 Å². The Kier molecular flexibility index (Phi) is 17.2. The summed E-state index contributed by atoms with van der Waals surface area (Å²) >= 11 is 0. The van der Waals surface area contributed by atoms with E-state index in [2.05, 4.69) is 20.9 Å². The van der Waals surface area contributed by atoms with Gasteiger partial charge in [0.05, 0.1) is 17.8 Å². The lowest BCUT2D eigenvalue weighted by molar-refractivity contribution is -0.145. The van der Waals surface area contributed by atoms with Crippen molar-refractivity contribution in [2.45, 2.75) is 111 Å². The van der Waals surface area contributed by atoms with E-state index in [0.717, 1.165) is 27.9 Å². The number of rotatable bonds is 20. The van der Waals surface area contributed by atoms with Crippen LogP contribution in [0.2, 0.25) is 0 Å². The molecule has 0 spiro atoms. The van der Waals surface area contributed by atoms with Crippen LogP contribution >= 0.6 is 8.17 Å². The number of ether oxygens (including phenoxy) is 1. The molecule has 1 fully saturated rings. The van der Waals surface area contributed by atoms with Crippen LogP contribution in [-0.2, 0) is 38.2 Å². The molecule has 17 heteroatoms. The Morgan fingerprint density at radius 3 is 1.89 bits per heavy atom. The number of carbonyl (C=O) groups excluding carboxylic acids is 3. The Hall–Kier alpha value is -5.48. The maximum absolute atomic E-state index is 14.9. The number of amides is 5. The van der Waals surface area contributed by atoms with Gasteiger partial charge in [-0.25, -0.2) is 9.59 Å². The van der Waals surface area contributed by atoms with Crippen LogP contribution in [0.4, 0.5) is 9.59 Å². The number of benzene rings is 3. The quantitative estimate of drug-likeness (QED) is 0.0383. The van der Waals surface area contributed by atoms with Crippen molar-refractivity contribution in [1.82, 2.24) is 30.7 Å². The van der Waals surface area contributed by atoms with Gasteiger partial charge in [-0.05, 0) is 65.8 Å². The van der Waals surface area contributed by atoms with Crippen molar-refractivity contribution in [3.8, 4) is 11.3 Å². The van der Waals surface area contributed by atoms with Crippen molar-refractivity contribution < 1.29 is 48.2 Å². The van der Waals surface area contributed by atoms with E-state index in [1.807, 2.05) is 124 Å². The van der Waals surface area contributed by atoms with Crippen LogP contribution in [-0.4, -0.2) is 108 Å². The lowest BCUT2D eigenvalue weighted by Gasteiger charge is -2.39. The zero-order chi connectivity index (χ0) is 47.5. The van der Waals surface area contributed by atoms with E-state index in [4.69, 9.17) is 9.26 Å². The van der Waals surface area contributed by atoms with Gasteiger partial charge >= 0.3 is 20.3 Å². The molecule has 3 aromatic carbocycles. The summed E-state index contributed by atoms with van der Waals surface area (Å²) in [5, 5.41) is 18.4. The van der Waals surface area contributed by atoms with Gasteiger partial charge in [-0.1, -0.05) is 133 Å². The van der Waals surface area contributed by atoms with Gasteiger partial charge in [0.2, 0.25) is 18.1 Å². The molecule has 6 atom stereocenters. The first-order chi connectivity index (χ1) is 30.6. The summed E-state index contributed by atoms with van der Waals surface area (Å²) in [6, 6.07) is 28.0. The molecule has 16 nitrogen and oxygen atoms in total. The van der Waals surface area contributed by atoms with Crippen molar-refractivity contribution in [2.24, 2.45) is 10.8 Å². The molecule has 1 aromatic heterocycles. The number of urea groups is 1. The molecule has 1 aliphatic rings. The summed E-state index contributed by atoms with van der Waals surface area (Å²) in [5.74, 6) is -1.07. The number of carboxylic acid groups (broad SMARTS) is 1. The second kappa shape index (κ2) is 22.1. The summed E-state index contributed by atoms with van der Waals surface area (Å²) in [7, 11) is -4.83. The van der Waals surface area contributed by atoms with Crippen LogP contribution in [0.25, 0.3) is 11.3 Å². The first kappa shape index (κ1) is 50.5. The minimum absolute atomic E-state index is 0.0371. The molecule has 1 saturated heterocycles. The maximum Gasteiger partial charge on any atom is 0.570 e. The van der Waals surface area contributed by atoms with Crippen LogP contribution in [0.1, 0.15) is 71.6 Å². The predicted molar refractivity (Wildman–Crippen MR) is 248 cm³/mol. The van der Waals surface area contributed by atoms with Crippen molar-refractivity contribution in [1.29, 1.82) is 0 Å². The Morgan fingerprint density at radius 1 is 0.738 bits per heavy atom. The highest BCUT2D eigenvalue weighted by Crippen LogP contribution is 2.47. The van der Waals surface area contributed by atoms with Crippen LogP contribution in [0.15, 0.2) is 109 Å². The van der Waals surface area contributed by atoms with Crippen LogP contribution in [0.5, 0.6) is 0 Å². The summed E-state index contributed by atoms with van der Waals surface area (Å²) < 4.78 is 11.5. The fraction of sp³-hybridized carbons (Fsp3) is 0.438. The van der Waals surface area contributed by atoms with Gasteiger partial charge in [-0.2, -0.15) is 14.7 Å². The minimum atomic E-state index is -4.83. The minimum Gasteiger partial charge on any atom is -0.465 e. The summed E-state index contributed by atoms with van der Waals surface area (Å²) in [4.78, 5) is 92.8. The molecule has 1 unspecified atom stereocenters. The van der Waals surface area contributed by atoms with Gasteiger partial charge in [-0.3, -0.25) is 14.6 Å². The van der Waals surface area contributed by atoms with Gasteiger partial charge in [0.15, 0.2) is 0 Å². The smallest absolute Gasteiger partial charge is 0.465 e. The fourth-order valence-corrected chi connectivity index (χ4v) is 8.62. The lowest BCUT2D eigenvalue weighted by atomic mass is 9.84. The topological polar surface area (TPSA) is 223 Å². The largest absolute Gasteiger partial charge is 0.570 e. The van der Waals surface area contributed by atoms with Gasteiger partial charge in [0.25, 0.3) is 0 Å². The number of hydrogen-bond acceptors (Lipinski definition) is 10. The molecular formula is C48H64N6O10P+. The Morgan fingerprint density at radius 2 is 1.34 bits per heavy atom. The molecule has 5 rings (SSSR count). The van der Waals surface area contributed by atoms with E-state index < -0.39 is 73.5 Å². The highest BCUT2D eigenvalue weighted by molar-refractivity contribution is 7.53. The van der Waals surface area contributed by atoms with Gasteiger partial charge < -0.3 is 35.6 Å². The molecule has 0 aliphatic carbocycles. The van der Waals surface area contributed by atoms with Crippen molar-refractivity contribution in [3.63, 3.8) is 0 Å². The molecule has 4 aromatic rings. The molecule has 65 heavy (non-hydrogen) atoms. The van der Waals surface area contributed by atoms with Crippen LogP contribution in [0, 0.1) is 10.8 Å². The molecule has 350 valence electrons. The number of pyridine rings is 1.